The maximum Gasteiger partial charge on any atom is 0.336 e. The molecule has 2 aromatic rings. The first-order valence-corrected chi connectivity index (χ1v) is 6.92. The molecule has 21 heavy (non-hydrogen) atoms. The molecule has 0 fully saturated rings. The number of carbonyl (C=O) groups is 1. The number of ether oxygens (including phenoxy) is 1. The summed E-state index contributed by atoms with van der Waals surface area (Å²) >= 11 is 2.14. The van der Waals surface area contributed by atoms with Gasteiger partial charge in [-0.2, -0.15) is 0 Å². The lowest BCUT2D eigenvalue weighted by Crippen LogP contribution is -2.02. The molecule has 0 bridgehead atoms. The van der Waals surface area contributed by atoms with Crippen LogP contribution < -0.4 is 4.74 Å². The summed E-state index contributed by atoms with van der Waals surface area (Å²) in [7, 11) is 0. The molecule has 2 rings (SSSR count). The summed E-state index contributed by atoms with van der Waals surface area (Å²) in [4.78, 5) is 21.4. The van der Waals surface area contributed by atoms with Crippen LogP contribution in [-0.4, -0.2) is 16.0 Å². The van der Waals surface area contributed by atoms with Crippen molar-refractivity contribution in [3.8, 4) is 11.5 Å². The minimum Gasteiger partial charge on any atom is -0.478 e. The molecule has 0 saturated heterocycles. The highest BCUT2D eigenvalue weighted by Crippen LogP contribution is 2.33. The fourth-order valence-corrected chi connectivity index (χ4v) is 2.08. The van der Waals surface area contributed by atoms with Gasteiger partial charge in [-0.25, -0.2) is 4.79 Å². The maximum absolute atomic E-state index is 11.1. The van der Waals surface area contributed by atoms with Gasteiger partial charge in [-0.05, 0) is 59.8 Å². The van der Waals surface area contributed by atoms with Gasteiger partial charge in [0, 0.05) is 9.64 Å². The zero-order valence-electron chi connectivity index (χ0n) is 10.9. The fraction of sp³-hybridized carbons (Fsp3) is 0.0714. The number of halogens is 1. The smallest absolute Gasteiger partial charge is 0.336 e. The number of nitrogens with zero attached hydrogens (tertiary/aromatic N) is 1. The first-order valence-electron chi connectivity index (χ1n) is 5.84. The molecule has 0 saturated carbocycles. The van der Waals surface area contributed by atoms with E-state index in [2.05, 4.69) is 22.6 Å². The van der Waals surface area contributed by atoms with Crippen molar-refractivity contribution in [2.45, 2.75) is 6.92 Å². The summed E-state index contributed by atoms with van der Waals surface area (Å²) in [5.74, 6) is -0.608. The van der Waals surface area contributed by atoms with Crippen LogP contribution in [0.2, 0.25) is 0 Å². The molecule has 0 atom stereocenters. The topological polar surface area (TPSA) is 89.7 Å². The normalized spacial score (nSPS) is 10.2. The molecule has 0 radical (unpaired) electrons. The van der Waals surface area contributed by atoms with Crippen LogP contribution in [0.3, 0.4) is 0 Å². The number of aromatic carboxylic acids is 1. The Morgan fingerprint density at radius 2 is 1.90 bits per heavy atom. The van der Waals surface area contributed by atoms with Crippen molar-refractivity contribution in [1.29, 1.82) is 0 Å². The van der Waals surface area contributed by atoms with Crippen LogP contribution in [0.25, 0.3) is 0 Å². The van der Waals surface area contributed by atoms with E-state index in [9.17, 15) is 14.9 Å². The monoisotopic (exact) mass is 399 g/mol. The second-order valence-electron chi connectivity index (χ2n) is 4.24. The summed E-state index contributed by atoms with van der Waals surface area (Å²) in [6.45, 7) is 1.52. The molecule has 0 heterocycles. The van der Waals surface area contributed by atoms with Gasteiger partial charge in [0.15, 0.2) is 0 Å². The lowest BCUT2D eigenvalue weighted by atomic mass is 10.1. The molecule has 7 heteroatoms. The molecule has 2 aromatic carbocycles. The molecule has 0 unspecified atom stereocenters. The van der Waals surface area contributed by atoms with Crippen molar-refractivity contribution in [3.05, 3.63) is 61.2 Å². The Balaban J connectivity index is 2.48. The van der Waals surface area contributed by atoms with Gasteiger partial charge in [0.05, 0.1) is 16.1 Å². The Labute approximate surface area is 133 Å². The molecule has 0 aliphatic carbocycles. The number of rotatable bonds is 4. The highest BCUT2D eigenvalue weighted by Gasteiger charge is 2.20. The first kappa shape index (κ1) is 15.2. The molecular weight excluding hydrogens is 389 g/mol. The van der Waals surface area contributed by atoms with Crippen molar-refractivity contribution in [1.82, 2.24) is 0 Å². The van der Waals surface area contributed by atoms with Gasteiger partial charge in [0.25, 0.3) is 5.69 Å². The van der Waals surface area contributed by atoms with E-state index in [0.29, 0.717) is 5.75 Å². The molecular formula is C14H10INO5. The van der Waals surface area contributed by atoms with Crippen LogP contribution in [0.4, 0.5) is 5.69 Å². The van der Waals surface area contributed by atoms with Gasteiger partial charge in [-0.3, -0.25) is 10.1 Å². The summed E-state index contributed by atoms with van der Waals surface area (Å²) in [5.41, 5.74) is -0.188. The predicted octanol–water partition coefficient (Wildman–Crippen LogP) is 4.00. The Morgan fingerprint density at radius 3 is 2.43 bits per heavy atom. The zero-order valence-corrected chi connectivity index (χ0v) is 13.0. The van der Waals surface area contributed by atoms with Crippen molar-refractivity contribution in [2.24, 2.45) is 0 Å². The summed E-state index contributed by atoms with van der Waals surface area (Å²) in [6, 6.07) is 9.36. The van der Waals surface area contributed by atoms with E-state index >= 15 is 0 Å². The van der Waals surface area contributed by atoms with Crippen molar-refractivity contribution < 1.29 is 19.6 Å². The minimum absolute atomic E-state index is 0.155. The molecule has 6 nitrogen and oxygen atoms in total. The van der Waals surface area contributed by atoms with E-state index in [1.165, 1.54) is 13.0 Å². The van der Waals surface area contributed by atoms with E-state index in [-0.39, 0.29) is 22.6 Å². The highest BCUT2D eigenvalue weighted by molar-refractivity contribution is 14.1. The van der Waals surface area contributed by atoms with Crippen molar-refractivity contribution in [3.63, 3.8) is 0 Å². The molecule has 1 N–H and O–H groups in total. The highest BCUT2D eigenvalue weighted by atomic mass is 127. The molecule has 0 spiro atoms. The van der Waals surface area contributed by atoms with Gasteiger partial charge in [0.2, 0.25) is 0 Å². The Bertz CT molecular complexity index is 712. The zero-order chi connectivity index (χ0) is 15.6. The SMILES string of the molecule is Cc1c(Oc2ccc(I)cc2)cc(C(=O)O)cc1[N+](=O)[O-]. The van der Waals surface area contributed by atoms with Crippen LogP contribution in [0.5, 0.6) is 11.5 Å². The first-order chi connectivity index (χ1) is 9.88. The van der Waals surface area contributed by atoms with E-state index < -0.39 is 10.9 Å². The Hall–Kier alpha value is -2.16. The lowest BCUT2D eigenvalue weighted by Gasteiger charge is -2.10. The largest absolute Gasteiger partial charge is 0.478 e. The third kappa shape index (κ3) is 3.48. The van der Waals surface area contributed by atoms with Crippen LogP contribution in [0, 0.1) is 20.6 Å². The number of hydrogen-bond acceptors (Lipinski definition) is 4. The number of nitro benzene ring substituents is 1. The van der Waals surface area contributed by atoms with Crippen molar-refractivity contribution >= 4 is 34.2 Å². The quantitative estimate of drug-likeness (QED) is 0.477. The molecule has 0 aromatic heterocycles. The van der Waals surface area contributed by atoms with Gasteiger partial charge in [-0.15, -0.1) is 0 Å². The molecule has 0 aliphatic heterocycles. The Morgan fingerprint density at radius 1 is 1.29 bits per heavy atom. The fourth-order valence-electron chi connectivity index (χ4n) is 1.72. The van der Waals surface area contributed by atoms with Crippen LogP contribution in [0.15, 0.2) is 36.4 Å². The van der Waals surface area contributed by atoms with Gasteiger partial charge < -0.3 is 9.84 Å². The second kappa shape index (κ2) is 6.08. The summed E-state index contributed by atoms with van der Waals surface area (Å²) < 4.78 is 6.59. The minimum atomic E-state index is -1.24. The molecule has 108 valence electrons. The van der Waals surface area contributed by atoms with Crippen LogP contribution in [-0.2, 0) is 0 Å². The number of hydrogen-bond donors (Lipinski definition) is 1. The number of benzene rings is 2. The van der Waals surface area contributed by atoms with Crippen LogP contribution in [0.1, 0.15) is 15.9 Å². The van der Waals surface area contributed by atoms with Crippen molar-refractivity contribution in [2.75, 3.05) is 0 Å². The lowest BCUT2D eigenvalue weighted by molar-refractivity contribution is -0.385. The average molecular weight is 399 g/mol. The van der Waals surface area contributed by atoms with Gasteiger partial charge >= 0.3 is 5.97 Å². The number of carboxylic acid groups (broad SMARTS) is 1. The van der Waals surface area contributed by atoms with E-state index in [0.717, 1.165) is 9.64 Å². The predicted molar refractivity (Wildman–Crippen MR) is 84.0 cm³/mol. The number of nitro groups is 1. The molecule has 0 aliphatic rings. The second-order valence-corrected chi connectivity index (χ2v) is 5.48. The van der Waals surface area contributed by atoms with Gasteiger partial charge in [0.1, 0.15) is 11.5 Å². The Kier molecular flexibility index (Phi) is 4.41. The average Bonchev–Trinajstić information content (AvgIpc) is 2.42. The van der Waals surface area contributed by atoms with E-state index in [1.807, 2.05) is 12.1 Å². The van der Waals surface area contributed by atoms with Gasteiger partial charge in [-0.1, -0.05) is 0 Å². The number of carboxylic acids is 1. The standard InChI is InChI=1S/C14H10INO5/c1-8-12(16(19)20)6-9(14(17)18)7-13(8)21-11-4-2-10(15)3-5-11/h2-7H,1H3,(H,17,18). The summed E-state index contributed by atoms with van der Waals surface area (Å²) in [5, 5.41) is 20.0. The van der Waals surface area contributed by atoms with E-state index in [4.69, 9.17) is 9.84 Å². The third-order valence-electron chi connectivity index (χ3n) is 2.82. The maximum atomic E-state index is 11.1. The third-order valence-corrected chi connectivity index (χ3v) is 3.54. The summed E-state index contributed by atoms with van der Waals surface area (Å²) in [6.07, 6.45) is 0. The van der Waals surface area contributed by atoms with Crippen LogP contribution >= 0.6 is 22.6 Å². The van der Waals surface area contributed by atoms with E-state index in [1.54, 1.807) is 12.1 Å². The molecule has 0 amide bonds.